The average Bonchev–Trinajstić information content (AvgIpc) is 2.65. The molecule has 4 heteroatoms. The lowest BCUT2D eigenvalue weighted by molar-refractivity contribution is -0.313. The summed E-state index contributed by atoms with van der Waals surface area (Å²) in [6.07, 6.45) is 2.25. The zero-order valence-electron chi connectivity index (χ0n) is 15.3. The number of ether oxygens (including phenoxy) is 1. The van der Waals surface area contributed by atoms with Gasteiger partial charge < -0.3 is 14.6 Å². The van der Waals surface area contributed by atoms with E-state index in [2.05, 4.69) is 48.2 Å². The van der Waals surface area contributed by atoms with E-state index in [9.17, 15) is 9.90 Å². The van der Waals surface area contributed by atoms with Crippen LogP contribution in [-0.4, -0.2) is 36.6 Å². The van der Waals surface area contributed by atoms with Crippen LogP contribution in [0, 0.1) is 5.92 Å². The van der Waals surface area contributed by atoms with E-state index in [1.807, 2.05) is 18.2 Å². The predicted molar refractivity (Wildman–Crippen MR) is 100.0 cm³/mol. The number of carboxylic acid groups (broad SMARTS) is 1. The topological polar surface area (TPSA) is 52.6 Å². The SMILES string of the molecule is CC1CC(C(=O)[O-])CCN1CCOc1ccc(Cc2ccccc2)cc1. The molecule has 0 bridgehead atoms. The Balaban J connectivity index is 1.43. The fraction of sp³-hybridized carbons (Fsp3) is 0.409. The first-order chi connectivity index (χ1) is 12.6. The molecule has 26 heavy (non-hydrogen) atoms. The second kappa shape index (κ2) is 8.86. The number of carboxylic acids is 1. The lowest BCUT2D eigenvalue weighted by Crippen LogP contribution is -2.47. The van der Waals surface area contributed by atoms with Crippen molar-refractivity contribution in [3.05, 3.63) is 65.7 Å². The first-order valence-corrected chi connectivity index (χ1v) is 9.32. The number of hydrogen-bond donors (Lipinski definition) is 0. The molecule has 1 aliphatic rings. The largest absolute Gasteiger partial charge is 0.550 e. The Kier molecular flexibility index (Phi) is 6.29. The van der Waals surface area contributed by atoms with Gasteiger partial charge in [-0.05, 0) is 56.0 Å². The number of aliphatic carboxylic acids is 1. The Morgan fingerprint density at radius 1 is 1.12 bits per heavy atom. The van der Waals surface area contributed by atoms with Crippen molar-refractivity contribution in [3.63, 3.8) is 0 Å². The molecule has 1 aliphatic heterocycles. The minimum atomic E-state index is -0.914. The van der Waals surface area contributed by atoms with E-state index in [1.54, 1.807) is 0 Å². The molecule has 0 saturated carbocycles. The van der Waals surface area contributed by atoms with Crippen molar-refractivity contribution in [1.82, 2.24) is 4.90 Å². The quantitative estimate of drug-likeness (QED) is 0.768. The molecule has 138 valence electrons. The lowest BCUT2D eigenvalue weighted by Gasteiger charge is -2.37. The number of rotatable bonds is 7. The number of likely N-dealkylation sites (tertiary alicyclic amines) is 1. The Morgan fingerprint density at radius 3 is 2.46 bits per heavy atom. The Morgan fingerprint density at radius 2 is 1.81 bits per heavy atom. The third-order valence-corrected chi connectivity index (χ3v) is 5.17. The minimum absolute atomic E-state index is 0.253. The van der Waals surface area contributed by atoms with Crippen LogP contribution in [0.25, 0.3) is 0 Å². The van der Waals surface area contributed by atoms with Crippen LogP contribution in [0.1, 0.15) is 30.9 Å². The van der Waals surface area contributed by atoms with Gasteiger partial charge in [-0.15, -0.1) is 0 Å². The van der Waals surface area contributed by atoms with Gasteiger partial charge in [0.15, 0.2) is 0 Å². The maximum absolute atomic E-state index is 11.0. The van der Waals surface area contributed by atoms with Crippen molar-refractivity contribution >= 4 is 5.97 Å². The van der Waals surface area contributed by atoms with Gasteiger partial charge >= 0.3 is 0 Å². The lowest BCUT2D eigenvalue weighted by atomic mass is 9.92. The van der Waals surface area contributed by atoms with Crippen LogP contribution in [0.15, 0.2) is 54.6 Å². The molecule has 1 heterocycles. The number of carbonyl (C=O) groups excluding carboxylic acids is 1. The molecule has 2 aromatic carbocycles. The highest BCUT2D eigenvalue weighted by molar-refractivity contribution is 5.67. The van der Waals surface area contributed by atoms with E-state index in [0.717, 1.165) is 25.3 Å². The van der Waals surface area contributed by atoms with Gasteiger partial charge in [0.2, 0.25) is 0 Å². The van der Waals surface area contributed by atoms with E-state index in [1.165, 1.54) is 11.1 Å². The first-order valence-electron chi connectivity index (χ1n) is 9.32. The summed E-state index contributed by atoms with van der Waals surface area (Å²) in [7, 11) is 0. The third-order valence-electron chi connectivity index (χ3n) is 5.17. The summed E-state index contributed by atoms with van der Waals surface area (Å²) in [5.41, 5.74) is 2.57. The van der Waals surface area contributed by atoms with Crippen molar-refractivity contribution in [3.8, 4) is 5.75 Å². The van der Waals surface area contributed by atoms with Crippen molar-refractivity contribution in [2.45, 2.75) is 32.2 Å². The zero-order chi connectivity index (χ0) is 18.4. The van der Waals surface area contributed by atoms with Crippen LogP contribution >= 0.6 is 0 Å². The van der Waals surface area contributed by atoms with Gasteiger partial charge in [-0.25, -0.2) is 0 Å². The Bertz CT molecular complexity index is 699. The maximum Gasteiger partial charge on any atom is 0.119 e. The molecule has 1 saturated heterocycles. The van der Waals surface area contributed by atoms with Gasteiger partial charge in [0.25, 0.3) is 0 Å². The molecule has 2 unspecified atom stereocenters. The molecule has 0 radical (unpaired) electrons. The smallest absolute Gasteiger partial charge is 0.119 e. The van der Waals surface area contributed by atoms with Crippen LogP contribution in [-0.2, 0) is 11.2 Å². The van der Waals surface area contributed by atoms with Crippen LogP contribution in [0.5, 0.6) is 5.75 Å². The predicted octanol–water partition coefficient (Wildman–Crippen LogP) is 2.51. The number of nitrogens with zero attached hydrogens (tertiary/aromatic N) is 1. The Labute approximate surface area is 155 Å². The van der Waals surface area contributed by atoms with Crippen molar-refractivity contribution in [2.24, 2.45) is 5.92 Å². The summed E-state index contributed by atoms with van der Waals surface area (Å²) < 4.78 is 5.87. The average molecular weight is 352 g/mol. The van der Waals surface area contributed by atoms with Crippen molar-refractivity contribution in [1.29, 1.82) is 0 Å². The van der Waals surface area contributed by atoms with Crippen LogP contribution in [0.2, 0.25) is 0 Å². The van der Waals surface area contributed by atoms with Crippen LogP contribution in [0.3, 0.4) is 0 Å². The number of benzene rings is 2. The molecule has 0 aliphatic carbocycles. The molecule has 0 aromatic heterocycles. The number of hydrogen-bond acceptors (Lipinski definition) is 4. The molecular formula is C22H26NO3-. The molecule has 0 spiro atoms. The van der Waals surface area contributed by atoms with E-state index >= 15 is 0 Å². The fourth-order valence-corrected chi connectivity index (χ4v) is 3.58. The van der Waals surface area contributed by atoms with E-state index in [-0.39, 0.29) is 12.0 Å². The van der Waals surface area contributed by atoms with Gasteiger partial charge in [0.1, 0.15) is 12.4 Å². The monoisotopic (exact) mass is 352 g/mol. The standard InChI is InChI=1S/C22H27NO3/c1-17-15-20(22(24)25)11-12-23(17)13-14-26-21-9-7-19(8-10-21)16-18-5-3-2-4-6-18/h2-10,17,20H,11-16H2,1H3,(H,24,25)/p-1. The van der Waals surface area contributed by atoms with Gasteiger partial charge in [0.05, 0.1) is 0 Å². The number of piperidine rings is 1. The third kappa shape index (κ3) is 5.09. The van der Waals surface area contributed by atoms with E-state index in [0.29, 0.717) is 19.4 Å². The van der Waals surface area contributed by atoms with E-state index < -0.39 is 5.97 Å². The minimum Gasteiger partial charge on any atom is -0.550 e. The van der Waals surface area contributed by atoms with Gasteiger partial charge in [-0.2, -0.15) is 0 Å². The summed E-state index contributed by atoms with van der Waals surface area (Å²) in [6, 6.07) is 18.9. The van der Waals surface area contributed by atoms with Gasteiger partial charge in [-0.1, -0.05) is 42.5 Å². The second-order valence-corrected chi connectivity index (χ2v) is 7.08. The highest BCUT2D eigenvalue weighted by Crippen LogP contribution is 2.22. The van der Waals surface area contributed by atoms with Crippen LogP contribution in [0.4, 0.5) is 0 Å². The molecule has 0 N–H and O–H groups in total. The van der Waals surface area contributed by atoms with Crippen molar-refractivity contribution in [2.75, 3.05) is 19.7 Å². The Hall–Kier alpha value is -2.33. The summed E-state index contributed by atoms with van der Waals surface area (Å²) in [5, 5.41) is 11.0. The summed E-state index contributed by atoms with van der Waals surface area (Å²) >= 11 is 0. The molecule has 2 atom stereocenters. The zero-order valence-corrected chi connectivity index (χ0v) is 15.3. The number of carbonyl (C=O) groups is 1. The molecule has 1 fully saturated rings. The molecule has 2 aromatic rings. The summed E-state index contributed by atoms with van der Waals surface area (Å²) in [4.78, 5) is 13.3. The van der Waals surface area contributed by atoms with Crippen LogP contribution < -0.4 is 9.84 Å². The molecule has 0 amide bonds. The second-order valence-electron chi connectivity index (χ2n) is 7.08. The van der Waals surface area contributed by atoms with Gasteiger partial charge in [0, 0.05) is 24.5 Å². The van der Waals surface area contributed by atoms with E-state index in [4.69, 9.17) is 4.74 Å². The van der Waals surface area contributed by atoms with Crippen molar-refractivity contribution < 1.29 is 14.6 Å². The first kappa shape index (κ1) is 18.5. The molecular weight excluding hydrogens is 326 g/mol. The normalized spacial score (nSPS) is 20.7. The molecule has 3 rings (SSSR count). The highest BCUT2D eigenvalue weighted by atomic mass is 16.5. The summed E-state index contributed by atoms with van der Waals surface area (Å²) in [5.74, 6) is -0.346. The highest BCUT2D eigenvalue weighted by Gasteiger charge is 2.25. The maximum atomic E-state index is 11.0. The summed E-state index contributed by atoms with van der Waals surface area (Å²) in [6.45, 7) is 4.29. The molecule has 4 nitrogen and oxygen atoms in total. The fourth-order valence-electron chi connectivity index (χ4n) is 3.58. The van der Waals surface area contributed by atoms with Gasteiger partial charge in [-0.3, -0.25) is 4.90 Å².